The second kappa shape index (κ2) is 10.8. The average molecular weight is 783 g/mol. The molecule has 0 aromatic heterocycles. The van der Waals surface area contributed by atoms with Gasteiger partial charge in [-0.05, 0) is 75.0 Å². The predicted molar refractivity (Wildman–Crippen MR) is 135 cm³/mol. The summed E-state index contributed by atoms with van der Waals surface area (Å²) >= 11 is 3.31. The van der Waals surface area contributed by atoms with Crippen molar-refractivity contribution in [2.45, 2.75) is 9.79 Å². The van der Waals surface area contributed by atoms with Gasteiger partial charge in [-0.25, -0.2) is 22.0 Å². The zero-order chi connectivity index (χ0) is 27.9. The molecule has 0 heterocycles. The van der Waals surface area contributed by atoms with Crippen LogP contribution in [-0.2, 0) is 20.2 Å². The number of hydrogen-bond acceptors (Lipinski definition) is 8. The molecule has 0 aliphatic carbocycles. The number of carbonyl (C=O) groups is 1. The van der Waals surface area contributed by atoms with Crippen LogP contribution in [-0.4, -0.2) is 27.4 Å². The van der Waals surface area contributed by atoms with E-state index < -0.39 is 71.4 Å². The fraction of sp³-hybridized carbons (Fsp3) is 0. The SMILES string of the molecule is C=Cc1ccc(S(=O)(=O)Oc2c(I)cc(I)cc2C(=O)Oc2c(F)c(F)c(S(=O)(=O)[O-])c(F)c2F)cc1. The van der Waals surface area contributed by atoms with Crippen molar-refractivity contribution in [3.05, 3.63) is 84.5 Å². The molecule has 0 spiro atoms. The summed E-state index contributed by atoms with van der Waals surface area (Å²) in [7, 11) is -10.6. The second-order valence-corrected chi connectivity index (χ2v) is 12.1. The monoisotopic (exact) mass is 783 g/mol. The van der Waals surface area contributed by atoms with Crippen LogP contribution in [0, 0.1) is 30.4 Å². The molecule has 0 unspecified atom stereocenters. The van der Waals surface area contributed by atoms with Crippen LogP contribution in [0.2, 0.25) is 0 Å². The number of ether oxygens (including phenoxy) is 1. The summed E-state index contributed by atoms with van der Waals surface area (Å²) in [6.07, 6.45) is 1.45. The second-order valence-electron chi connectivity index (χ2n) is 6.83. The molecule has 3 aromatic rings. The molecule has 0 aliphatic rings. The molecule has 16 heteroatoms. The summed E-state index contributed by atoms with van der Waals surface area (Å²) in [5.41, 5.74) is -0.130. The van der Waals surface area contributed by atoms with Gasteiger partial charge in [0.1, 0.15) is 25.5 Å². The fourth-order valence-electron chi connectivity index (χ4n) is 2.77. The number of carbonyl (C=O) groups excluding carboxylic acids is 1. The lowest BCUT2D eigenvalue weighted by molar-refractivity contribution is 0.0714. The molecular weight excluding hydrogens is 774 g/mol. The molecule has 8 nitrogen and oxygen atoms in total. The molecule has 0 atom stereocenters. The van der Waals surface area contributed by atoms with E-state index in [1.54, 1.807) is 45.2 Å². The zero-order valence-electron chi connectivity index (χ0n) is 17.6. The number of esters is 1. The smallest absolute Gasteiger partial charge is 0.347 e. The number of benzene rings is 3. The van der Waals surface area contributed by atoms with Gasteiger partial charge >= 0.3 is 16.1 Å². The molecule has 0 amide bonds. The van der Waals surface area contributed by atoms with Crippen molar-refractivity contribution in [1.82, 2.24) is 0 Å². The van der Waals surface area contributed by atoms with Gasteiger partial charge < -0.3 is 13.5 Å². The van der Waals surface area contributed by atoms with Gasteiger partial charge in [-0.15, -0.1) is 0 Å². The third-order valence-electron chi connectivity index (χ3n) is 4.45. The predicted octanol–water partition coefficient (Wildman–Crippen LogP) is 4.99. The van der Waals surface area contributed by atoms with Crippen LogP contribution in [0.25, 0.3) is 6.08 Å². The Kier molecular flexibility index (Phi) is 8.57. The Morgan fingerprint density at radius 2 is 1.43 bits per heavy atom. The Morgan fingerprint density at radius 3 is 1.92 bits per heavy atom. The third kappa shape index (κ3) is 6.07. The molecule has 3 aromatic carbocycles. The minimum atomic E-state index is -5.99. The van der Waals surface area contributed by atoms with Crippen molar-refractivity contribution in [3.63, 3.8) is 0 Å². The quantitative estimate of drug-likeness (QED) is 0.0625. The van der Waals surface area contributed by atoms with E-state index in [1.165, 1.54) is 36.4 Å². The van der Waals surface area contributed by atoms with Crippen molar-refractivity contribution in [1.29, 1.82) is 0 Å². The van der Waals surface area contributed by atoms with E-state index in [4.69, 9.17) is 4.18 Å². The molecule has 37 heavy (non-hydrogen) atoms. The molecule has 3 rings (SSSR count). The van der Waals surface area contributed by atoms with Crippen molar-refractivity contribution in [2.24, 2.45) is 0 Å². The highest BCUT2D eigenvalue weighted by Crippen LogP contribution is 2.35. The first-order valence-electron chi connectivity index (χ1n) is 9.28. The molecular formula is C21H9F4I2O8S2-. The summed E-state index contributed by atoms with van der Waals surface area (Å²) < 4.78 is 125. The van der Waals surface area contributed by atoms with Gasteiger partial charge in [0.25, 0.3) is 0 Å². The Labute approximate surface area is 234 Å². The van der Waals surface area contributed by atoms with Crippen LogP contribution >= 0.6 is 45.2 Å². The van der Waals surface area contributed by atoms with Crippen LogP contribution in [0.3, 0.4) is 0 Å². The molecule has 0 saturated carbocycles. The van der Waals surface area contributed by atoms with Crippen LogP contribution in [0.15, 0.2) is 52.8 Å². The van der Waals surface area contributed by atoms with Crippen molar-refractivity contribution in [3.8, 4) is 11.5 Å². The van der Waals surface area contributed by atoms with Gasteiger partial charge in [0.15, 0.2) is 17.4 Å². The largest absolute Gasteiger partial charge is 0.744 e. The normalized spacial score (nSPS) is 11.8. The lowest BCUT2D eigenvalue weighted by Gasteiger charge is -2.16. The Hall–Kier alpha value is -2.29. The zero-order valence-corrected chi connectivity index (χ0v) is 23.5. The number of rotatable bonds is 7. The topological polar surface area (TPSA) is 127 Å². The van der Waals surface area contributed by atoms with Gasteiger partial charge in [0.2, 0.25) is 17.4 Å². The Bertz CT molecular complexity index is 1630. The van der Waals surface area contributed by atoms with E-state index in [2.05, 4.69) is 11.3 Å². The van der Waals surface area contributed by atoms with Crippen LogP contribution < -0.4 is 8.92 Å². The maximum atomic E-state index is 14.3. The Balaban J connectivity index is 2.09. The first kappa shape index (κ1) is 29.3. The summed E-state index contributed by atoms with van der Waals surface area (Å²) in [5, 5.41) is 0. The molecule has 0 bridgehead atoms. The summed E-state index contributed by atoms with van der Waals surface area (Å²) in [6, 6.07) is 7.57. The van der Waals surface area contributed by atoms with E-state index in [0.29, 0.717) is 9.13 Å². The first-order valence-corrected chi connectivity index (χ1v) is 14.3. The summed E-state index contributed by atoms with van der Waals surface area (Å²) in [5.74, 6) is -14.6. The number of halogens is 6. The van der Waals surface area contributed by atoms with Crippen molar-refractivity contribution >= 4 is 77.5 Å². The molecule has 196 valence electrons. The van der Waals surface area contributed by atoms with Gasteiger partial charge in [0.05, 0.1) is 3.57 Å². The highest BCUT2D eigenvalue weighted by atomic mass is 127. The lowest BCUT2D eigenvalue weighted by Crippen LogP contribution is -2.19. The van der Waals surface area contributed by atoms with Crippen molar-refractivity contribution in [2.75, 3.05) is 0 Å². The maximum absolute atomic E-state index is 14.3. The van der Waals surface area contributed by atoms with E-state index >= 15 is 0 Å². The maximum Gasteiger partial charge on any atom is 0.347 e. The molecule has 0 N–H and O–H groups in total. The highest BCUT2D eigenvalue weighted by molar-refractivity contribution is 14.1. The third-order valence-corrected chi connectivity index (χ3v) is 7.97. The van der Waals surface area contributed by atoms with Crippen LogP contribution in [0.4, 0.5) is 17.6 Å². The molecule has 0 radical (unpaired) electrons. The summed E-state index contributed by atoms with van der Waals surface area (Å²) in [4.78, 5) is 10.0. The minimum absolute atomic E-state index is 0.0221. The lowest BCUT2D eigenvalue weighted by atomic mass is 10.2. The first-order chi connectivity index (χ1) is 17.1. The Morgan fingerprint density at radius 1 is 0.892 bits per heavy atom. The number of hydrogen-bond donors (Lipinski definition) is 0. The van der Waals surface area contributed by atoms with Gasteiger partial charge in [-0.2, -0.15) is 17.2 Å². The highest BCUT2D eigenvalue weighted by Gasteiger charge is 2.33. The molecule has 0 aliphatic heterocycles. The van der Waals surface area contributed by atoms with Gasteiger partial charge in [0, 0.05) is 3.57 Å². The van der Waals surface area contributed by atoms with E-state index in [-0.39, 0.29) is 8.47 Å². The van der Waals surface area contributed by atoms with E-state index in [9.17, 15) is 43.7 Å². The standard InChI is InChI=1S/C21H10F4I2O8S2/c1-2-9-3-5-11(6-4-9)37(32,33)35-18-12(7-10(26)8-13(18)27)21(28)34-19-14(22)16(24)20(36(29,30)31)17(25)15(19)23/h2-8H,1H2,(H,29,30,31)/p-1. The van der Waals surface area contributed by atoms with E-state index in [0.717, 1.165) is 6.07 Å². The fourth-order valence-corrected chi connectivity index (χ4v) is 6.46. The van der Waals surface area contributed by atoms with Crippen molar-refractivity contribution < 1.29 is 52.7 Å². The van der Waals surface area contributed by atoms with Crippen LogP contribution in [0.1, 0.15) is 15.9 Å². The van der Waals surface area contributed by atoms with Gasteiger partial charge in [-0.3, -0.25) is 0 Å². The molecule has 0 saturated heterocycles. The summed E-state index contributed by atoms with van der Waals surface area (Å²) in [6.45, 7) is 3.54. The van der Waals surface area contributed by atoms with Crippen LogP contribution in [0.5, 0.6) is 11.5 Å². The van der Waals surface area contributed by atoms with Gasteiger partial charge in [-0.1, -0.05) is 24.8 Å². The van der Waals surface area contributed by atoms with E-state index in [1.807, 2.05) is 0 Å². The minimum Gasteiger partial charge on any atom is -0.744 e. The molecule has 0 fully saturated rings. The average Bonchev–Trinajstić information content (AvgIpc) is 2.81.